The Bertz CT molecular complexity index is 566. The Morgan fingerprint density at radius 3 is 2.76 bits per heavy atom. The van der Waals surface area contributed by atoms with E-state index < -0.39 is 11.9 Å². The van der Waals surface area contributed by atoms with E-state index in [1.165, 1.54) is 4.90 Å². The number of hydrogen-bond donors (Lipinski definition) is 1. The van der Waals surface area contributed by atoms with Gasteiger partial charge in [0.05, 0.1) is 10.9 Å². The molecule has 0 aromatic heterocycles. The predicted molar refractivity (Wildman–Crippen MR) is 81.5 cm³/mol. The van der Waals surface area contributed by atoms with Crippen LogP contribution in [-0.4, -0.2) is 41.6 Å². The molecule has 2 atom stereocenters. The number of rotatable bonds is 4. The van der Waals surface area contributed by atoms with Crippen molar-refractivity contribution in [2.75, 3.05) is 19.7 Å². The van der Waals surface area contributed by atoms with Crippen molar-refractivity contribution in [3.63, 3.8) is 0 Å². The summed E-state index contributed by atoms with van der Waals surface area (Å²) >= 11 is 9.29. The number of carboxylic acids is 1. The van der Waals surface area contributed by atoms with Crippen LogP contribution in [0.15, 0.2) is 22.7 Å². The monoisotopic (exact) mass is 375 g/mol. The fourth-order valence-electron chi connectivity index (χ4n) is 2.31. The SMILES string of the molecule is CC1CN(C(=O)COc2ccc(Br)cc2Cl)CC1C(=O)O. The van der Waals surface area contributed by atoms with Crippen LogP contribution in [0.1, 0.15) is 6.92 Å². The number of nitrogens with zero attached hydrogens (tertiary/aromatic N) is 1. The van der Waals surface area contributed by atoms with Gasteiger partial charge < -0.3 is 14.7 Å². The minimum absolute atomic E-state index is 0.0530. The summed E-state index contributed by atoms with van der Waals surface area (Å²) in [5.74, 6) is -1.23. The van der Waals surface area contributed by atoms with Crippen LogP contribution in [-0.2, 0) is 9.59 Å². The number of ether oxygens (including phenoxy) is 1. The number of halogens is 2. The van der Waals surface area contributed by atoms with Crippen molar-refractivity contribution in [1.29, 1.82) is 0 Å². The van der Waals surface area contributed by atoms with E-state index >= 15 is 0 Å². The predicted octanol–water partition coefficient (Wildman–Crippen LogP) is 2.66. The Morgan fingerprint density at radius 2 is 2.19 bits per heavy atom. The highest BCUT2D eigenvalue weighted by atomic mass is 79.9. The molecule has 1 saturated heterocycles. The van der Waals surface area contributed by atoms with Crippen molar-refractivity contribution in [3.05, 3.63) is 27.7 Å². The van der Waals surface area contributed by atoms with Crippen molar-refractivity contribution in [2.24, 2.45) is 11.8 Å². The Balaban J connectivity index is 1.92. The van der Waals surface area contributed by atoms with Gasteiger partial charge in [0.25, 0.3) is 5.91 Å². The van der Waals surface area contributed by atoms with E-state index in [0.717, 1.165) is 4.47 Å². The molecule has 2 rings (SSSR count). The highest BCUT2D eigenvalue weighted by Gasteiger charge is 2.36. The quantitative estimate of drug-likeness (QED) is 0.877. The highest BCUT2D eigenvalue weighted by molar-refractivity contribution is 9.10. The third-order valence-electron chi connectivity index (χ3n) is 3.53. The average molecular weight is 377 g/mol. The van der Waals surface area contributed by atoms with Crippen molar-refractivity contribution in [2.45, 2.75) is 6.92 Å². The molecule has 1 aromatic carbocycles. The second-order valence-electron chi connectivity index (χ2n) is 5.08. The van der Waals surface area contributed by atoms with Crippen LogP contribution in [0.5, 0.6) is 5.75 Å². The molecule has 1 amide bonds. The van der Waals surface area contributed by atoms with Crippen molar-refractivity contribution >= 4 is 39.4 Å². The molecule has 2 unspecified atom stereocenters. The summed E-state index contributed by atoms with van der Waals surface area (Å²) in [5.41, 5.74) is 0. The second-order valence-corrected chi connectivity index (χ2v) is 6.41. The zero-order valence-corrected chi connectivity index (χ0v) is 13.7. The Labute approximate surface area is 136 Å². The Kier molecular flexibility index (Phi) is 5.11. The van der Waals surface area contributed by atoms with Crippen molar-refractivity contribution in [1.82, 2.24) is 4.90 Å². The lowest BCUT2D eigenvalue weighted by atomic mass is 9.99. The van der Waals surface area contributed by atoms with Gasteiger partial charge in [0.2, 0.25) is 0 Å². The van der Waals surface area contributed by atoms with Gasteiger partial charge in [-0.1, -0.05) is 34.5 Å². The zero-order chi connectivity index (χ0) is 15.6. The lowest BCUT2D eigenvalue weighted by Gasteiger charge is -2.16. The van der Waals surface area contributed by atoms with Crippen LogP contribution in [0.4, 0.5) is 0 Å². The number of likely N-dealkylation sites (tertiary alicyclic amines) is 1. The second kappa shape index (κ2) is 6.66. The largest absolute Gasteiger partial charge is 0.482 e. The molecule has 0 bridgehead atoms. The summed E-state index contributed by atoms with van der Waals surface area (Å²) in [6, 6.07) is 5.12. The fourth-order valence-corrected chi connectivity index (χ4v) is 3.04. The maximum atomic E-state index is 12.1. The lowest BCUT2D eigenvalue weighted by molar-refractivity contribution is -0.142. The summed E-state index contributed by atoms with van der Waals surface area (Å²) in [5, 5.41) is 9.47. The van der Waals surface area contributed by atoms with Gasteiger partial charge in [0.15, 0.2) is 6.61 Å². The maximum Gasteiger partial charge on any atom is 0.308 e. The molecular weight excluding hydrogens is 362 g/mol. The summed E-state index contributed by atoms with van der Waals surface area (Å²) < 4.78 is 6.23. The van der Waals surface area contributed by atoms with Gasteiger partial charge >= 0.3 is 5.97 Å². The number of carbonyl (C=O) groups is 2. The molecule has 114 valence electrons. The molecule has 1 aliphatic heterocycles. The van der Waals surface area contributed by atoms with Gasteiger partial charge in [0.1, 0.15) is 5.75 Å². The molecule has 1 aromatic rings. The van der Waals surface area contributed by atoms with Gasteiger partial charge in [-0.2, -0.15) is 0 Å². The van der Waals surface area contributed by atoms with Crippen LogP contribution in [0.25, 0.3) is 0 Å². The van der Waals surface area contributed by atoms with Gasteiger partial charge in [-0.25, -0.2) is 0 Å². The molecule has 1 heterocycles. The van der Waals surface area contributed by atoms with Gasteiger partial charge in [-0.3, -0.25) is 9.59 Å². The van der Waals surface area contributed by atoms with Gasteiger partial charge in [0, 0.05) is 17.6 Å². The Morgan fingerprint density at radius 1 is 1.48 bits per heavy atom. The van der Waals surface area contributed by atoms with E-state index in [1.807, 2.05) is 6.92 Å². The van der Waals surface area contributed by atoms with Crippen LogP contribution in [0.2, 0.25) is 5.02 Å². The molecule has 21 heavy (non-hydrogen) atoms. The van der Waals surface area contributed by atoms with Gasteiger partial charge in [-0.15, -0.1) is 0 Å². The number of amides is 1. The number of carboxylic acid groups (broad SMARTS) is 1. The van der Waals surface area contributed by atoms with Crippen LogP contribution in [0.3, 0.4) is 0 Å². The highest BCUT2D eigenvalue weighted by Crippen LogP contribution is 2.28. The third-order valence-corrected chi connectivity index (χ3v) is 4.32. The van der Waals surface area contributed by atoms with Crippen LogP contribution >= 0.6 is 27.5 Å². The topological polar surface area (TPSA) is 66.8 Å². The first kappa shape index (κ1) is 16.1. The van der Waals surface area contributed by atoms with Crippen LogP contribution in [0, 0.1) is 11.8 Å². The number of benzene rings is 1. The molecular formula is C14H15BrClNO4. The van der Waals surface area contributed by atoms with E-state index in [0.29, 0.717) is 17.3 Å². The van der Waals surface area contributed by atoms with Crippen molar-refractivity contribution < 1.29 is 19.4 Å². The molecule has 7 heteroatoms. The summed E-state index contributed by atoms with van der Waals surface area (Å²) in [6.07, 6.45) is 0. The Hall–Kier alpha value is -1.27. The van der Waals surface area contributed by atoms with E-state index in [2.05, 4.69) is 15.9 Å². The van der Waals surface area contributed by atoms with Crippen LogP contribution < -0.4 is 4.74 Å². The first-order chi connectivity index (χ1) is 9.88. The summed E-state index contributed by atoms with van der Waals surface area (Å²) in [4.78, 5) is 24.6. The molecule has 0 aliphatic carbocycles. The molecule has 1 aliphatic rings. The van der Waals surface area contributed by atoms with E-state index in [4.69, 9.17) is 21.4 Å². The normalized spacial score (nSPS) is 21.4. The minimum atomic E-state index is -0.866. The van der Waals surface area contributed by atoms with E-state index in [-0.39, 0.29) is 25.0 Å². The minimum Gasteiger partial charge on any atom is -0.482 e. The number of hydrogen-bond acceptors (Lipinski definition) is 3. The molecule has 0 saturated carbocycles. The van der Waals surface area contributed by atoms with Crippen molar-refractivity contribution in [3.8, 4) is 5.75 Å². The standard InChI is InChI=1S/C14H15BrClNO4/c1-8-5-17(6-10(8)14(19)20)13(18)7-21-12-3-2-9(15)4-11(12)16/h2-4,8,10H,5-7H2,1H3,(H,19,20). The summed E-state index contributed by atoms with van der Waals surface area (Å²) in [6.45, 7) is 2.35. The van der Waals surface area contributed by atoms with E-state index in [9.17, 15) is 9.59 Å². The first-order valence-electron chi connectivity index (χ1n) is 6.47. The van der Waals surface area contributed by atoms with E-state index in [1.54, 1.807) is 18.2 Å². The molecule has 5 nitrogen and oxygen atoms in total. The zero-order valence-electron chi connectivity index (χ0n) is 11.4. The third kappa shape index (κ3) is 3.89. The molecule has 0 spiro atoms. The molecule has 1 fully saturated rings. The lowest BCUT2D eigenvalue weighted by Crippen LogP contribution is -2.33. The fraction of sp³-hybridized carbons (Fsp3) is 0.429. The first-order valence-corrected chi connectivity index (χ1v) is 7.64. The van der Waals surface area contributed by atoms with Gasteiger partial charge in [-0.05, 0) is 24.1 Å². The summed E-state index contributed by atoms with van der Waals surface area (Å²) in [7, 11) is 0. The molecule has 1 N–H and O–H groups in total. The molecule has 0 radical (unpaired) electrons. The maximum absolute atomic E-state index is 12.1. The number of aliphatic carboxylic acids is 1. The number of carbonyl (C=O) groups excluding carboxylic acids is 1. The smallest absolute Gasteiger partial charge is 0.308 e. The average Bonchev–Trinajstić information content (AvgIpc) is 2.80.